The number of hydrogen-bond acceptors (Lipinski definition) is 2. The summed E-state index contributed by atoms with van der Waals surface area (Å²) in [6, 6.07) is 0.142. The standard InChI is InChI=1S/C15H28N2O3/c1-12(13-8-4-2-5-9-13)17-15(20)16-11-7-3-6-10-14(18)19/h12-13H,2-11H2,1H3,(H,18,19)(H2,16,17,20). The predicted octanol–water partition coefficient (Wildman–Crippen LogP) is 2.90. The highest BCUT2D eigenvalue weighted by Crippen LogP contribution is 2.26. The number of carboxylic acids is 1. The molecule has 1 saturated carbocycles. The molecule has 0 radical (unpaired) electrons. The molecule has 0 saturated heterocycles. The summed E-state index contributed by atoms with van der Waals surface area (Å²) in [5.41, 5.74) is 0. The molecule has 0 heterocycles. The Bertz CT molecular complexity index is 301. The Balaban J connectivity index is 2.03. The van der Waals surface area contributed by atoms with Gasteiger partial charge in [0.25, 0.3) is 0 Å². The maximum absolute atomic E-state index is 11.7. The van der Waals surface area contributed by atoms with Crippen molar-refractivity contribution < 1.29 is 14.7 Å². The van der Waals surface area contributed by atoms with Crippen LogP contribution in [0.2, 0.25) is 0 Å². The zero-order valence-electron chi connectivity index (χ0n) is 12.5. The zero-order chi connectivity index (χ0) is 14.8. The molecule has 116 valence electrons. The molecule has 1 aliphatic rings. The molecular weight excluding hydrogens is 256 g/mol. The second kappa shape index (κ2) is 9.61. The van der Waals surface area contributed by atoms with E-state index in [1.807, 2.05) is 0 Å². The van der Waals surface area contributed by atoms with Gasteiger partial charge in [-0.1, -0.05) is 25.7 Å². The second-order valence-corrected chi connectivity index (χ2v) is 5.79. The second-order valence-electron chi connectivity index (χ2n) is 5.79. The van der Waals surface area contributed by atoms with Crippen LogP contribution < -0.4 is 10.6 Å². The molecule has 20 heavy (non-hydrogen) atoms. The average Bonchev–Trinajstić information content (AvgIpc) is 2.43. The van der Waals surface area contributed by atoms with Gasteiger partial charge >= 0.3 is 12.0 Å². The lowest BCUT2D eigenvalue weighted by atomic mass is 9.85. The van der Waals surface area contributed by atoms with Gasteiger partial charge in [-0.15, -0.1) is 0 Å². The summed E-state index contributed by atoms with van der Waals surface area (Å²) in [6.07, 6.45) is 8.88. The van der Waals surface area contributed by atoms with Crippen LogP contribution in [-0.4, -0.2) is 29.7 Å². The number of aliphatic carboxylic acids is 1. The number of carbonyl (C=O) groups is 2. The van der Waals surface area contributed by atoms with E-state index in [1.54, 1.807) is 0 Å². The Morgan fingerprint density at radius 2 is 1.85 bits per heavy atom. The molecule has 5 nitrogen and oxygen atoms in total. The zero-order valence-corrected chi connectivity index (χ0v) is 12.5. The molecular formula is C15H28N2O3. The van der Waals surface area contributed by atoms with E-state index < -0.39 is 5.97 Å². The fraction of sp³-hybridized carbons (Fsp3) is 0.867. The van der Waals surface area contributed by atoms with Crippen LogP contribution in [-0.2, 0) is 4.79 Å². The molecule has 1 fully saturated rings. The van der Waals surface area contributed by atoms with Crippen LogP contribution in [0.1, 0.15) is 64.7 Å². The van der Waals surface area contributed by atoms with Crippen molar-refractivity contribution in [2.45, 2.75) is 70.8 Å². The number of urea groups is 1. The molecule has 0 aliphatic heterocycles. The largest absolute Gasteiger partial charge is 0.481 e. The molecule has 1 unspecified atom stereocenters. The lowest BCUT2D eigenvalue weighted by Crippen LogP contribution is -2.44. The first-order valence-electron chi connectivity index (χ1n) is 7.85. The topological polar surface area (TPSA) is 78.4 Å². The maximum Gasteiger partial charge on any atom is 0.315 e. The highest BCUT2D eigenvalue weighted by atomic mass is 16.4. The first-order valence-corrected chi connectivity index (χ1v) is 7.85. The molecule has 0 bridgehead atoms. The van der Waals surface area contributed by atoms with Gasteiger partial charge in [0, 0.05) is 19.0 Å². The van der Waals surface area contributed by atoms with Crippen molar-refractivity contribution in [2.75, 3.05) is 6.54 Å². The third-order valence-electron chi connectivity index (χ3n) is 4.07. The Morgan fingerprint density at radius 3 is 2.50 bits per heavy atom. The van der Waals surface area contributed by atoms with Crippen molar-refractivity contribution >= 4 is 12.0 Å². The van der Waals surface area contributed by atoms with Gasteiger partial charge < -0.3 is 15.7 Å². The third-order valence-corrected chi connectivity index (χ3v) is 4.07. The number of rotatable bonds is 8. The molecule has 1 aliphatic carbocycles. The number of amides is 2. The van der Waals surface area contributed by atoms with Crippen molar-refractivity contribution in [2.24, 2.45) is 5.92 Å². The summed E-state index contributed by atoms with van der Waals surface area (Å²) in [7, 11) is 0. The van der Waals surface area contributed by atoms with E-state index in [-0.39, 0.29) is 18.5 Å². The Kier molecular flexibility index (Phi) is 8.07. The van der Waals surface area contributed by atoms with E-state index in [0.29, 0.717) is 18.9 Å². The summed E-state index contributed by atoms with van der Waals surface area (Å²) in [5.74, 6) is -0.137. The Hall–Kier alpha value is -1.26. The highest BCUT2D eigenvalue weighted by molar-refractivity contribution is 5.74. The molecule has 3 N–H and O–H groups in total. The van der Waals surface area contributed by atoms with Crippen molar-refractivity contribution in [3.8, 4) is 0 Å². The van der Waals surface area contributed by atoms with Gasteiger partial charge in [-0.3, -0.25) is 4.79 Å². The monoisotopic (exact) mass is 284 g/mol. The molecule has 0 spiro atoms. The quantitative estimate of drug-likeness (QED) is 0.600. The van der Waals surface area contributed by atoms with Gasteiger partial charge in [-0.25, -0.2) is 4.79 Å². The SMILES string of the molecule is CC(NC(=O)NCCCCCC(=O)O)C1CCCCC1. The van der Waals surface area contributed by atoms with E-state index in [2.05, 4.69) is 17.6 Å². The number of carboxylic acid groups (broad SMARTS) is 1. The first kappa shape index (κ1) is 16.8. The number of hydrogen-bond donors (Lipinski definition) is 3. The number of nitrogens with one attached hydrogen (secondary N) is 2. The predicted molar refractivity (Wildman–Crippen MR) is 78.7 cm³/mol. The fourth-order valence-electron chi connectivity index (χ4n) is 2.79. The van der Waals surface area contributed by atoms with E-state index in [9.17, 15) is 9.59 Å². The summed E-state index contributed by atoms with van der Waals surface area (Å²) < 4.78 is 0. The minimum atomic E-state index is -0.753. The van der Waals surface area contributed by atoms with Crippen LogP contribution in [0, 0.1) is 5.92 Å². The normalized spacial score (nSPS) is 17.4. The van der Waals surface area contributed by atoms with E-state index >= 15 is 0 Å². The Morgan fingerprint density at radius 1 is 1.15 bits per heavy atom. The lowest BCUT2D eigenvalue weighted by molar-refractivity contribution is -0.137. The van der Waals surface area contributed by atoms with Crippen molar-refractivity contribution in [1.82, 2.24) is 10.6 Å². The molecule has 1 atom stereocenters. The summed E-state index contributed by atoms with van der Waals surface area (Å²) in [6.45, 7) is 2.70. The molecule has 2 amide bonds. The van der Waals surface area contributed by atoms with Gasteiger partial charge in [0.1, 0.15) is 0 Å². The molecule has 1 rings (SSSR count). The summed E-state index contributed by atoms with van der Waals surface area (Å²) >= 11 is 0. The number of unbranched alkanes of at least 4 members (excludes halogenated alkanes) is 2. The van der Waals surface area contributed by atoms with Crippen LogP contribution in [0.5, 0.6) is 0 Å². The van der Waals surface area contributed by atoms with Crippen molar-refractivity contribution in [1.29, 1.82) is 0 Å². The molecule has 5 heteroatoms. The molecule has 0 aromatic heterocycles. The minimum absolute atomic E-state index is 0.0960. The average molecular weight is 284 g/mol. The van der Waals surface area contributed by atoms with Gasteiger partial charge in [-0.05, 0) is 38.5 Å². The smallest absolute Gasteiger partial charge is 0.315 e. The van der Waals surface area contributed by atoms with E-state index in [4.69, 9.17) is 5.11 Å². The molecule has 0 aromatic carbocycles. The van der Waals surface area contributed by atoms with E-state index in [0.717, 1.165) is 12.8 Å². The van der Waals surface area contributed by atoms with Gasteiger partial charge in [0.05, 0.1) is 0 Å². The minimum Gasteiger partial charge on any atom is -0.481 e. The van der Waals surface area contributed by atoms with Gasteiger partial charge in [0.15, 0.2) is 0 Å². The summed E-state index contributed by atoms with van der Waals surface area (Å²) in [4.78, 5) is 22.1. The third kappa shape index (κ3) is 7.36. The van der Waals surface area contributed by atoms with Gasteiger partial charge in [-0.2, -0.15) is 0 Å². The fourth-order valence-corrected chi connectivity index (χ4v) is 2.79. The number of carbonyl (C=O) groups excluding carboxylic acids is 1. The molecule has 0 aromatic rings. The Labute approximate surface area is 121 Å². The highest BCUT2D eigenvalue weighted by Gasteiger charge is 2.21. The van der Waals surface area contributed by atoms with Crippen molar-refractivity contribution in [3.05, 3.63) is 0 Å². The van der Waals surface area contributed by atoms with Crippen LogP contribution in [0.3, 0.4) is 0 Å². The summed E-state index contributed by atoms with van der Waals surface area (Å²) in [5, 5.41) is 14.4. The first-order chi connectivity index (χ1) is 9.59. The van der Waals surface area contributed by atoms with Crippen LogP contribution >= 0.6 is 0 Å². The van der Waals surface area contributed by atoms with Crippen molar-refractivity contribution in [3.63, 3.8) is 0 Å². The van der Waals surface area contributed by atoms with Crippen LogP contribution in [0.25, 0.3) is 0 Å². The maximum atomic E-state index is 11.7. The van der Waals surface area contributed by atoms with Crippen LogP contribution in [0.4, 0.5) is 4.79 Å². The lowest BCUT2D eigenvalue weighted by Gasteiger charge is -2.28. The van der Waals surface area contributed by atoms with E-state index in [1.165, 1.54) is 32.1 Å². The van der Waals surface area contributed by atoms with Gasteiger partial charge in [0.2, 0.25) is 0 Å². The van der Waals surface area contributed by atoms with Crippen LogP contribution in [0.15, 0.2) is 0 Å².